The van der Waals surface area contributed by atoms with Crippen LogP contribution in [0.25, 0.3) is 0 Å². The Labute approximate surface area is 223 Å². The Bertz CT molecular complexity index is 1240. The van der Waals surface area contributed by atoms with Gasteiger partial charge in [-0.25, -0.2) is 18.3 Å². The number of alkyl halides is 2. The van der Waals surface area contributed by atoms with E-state index in [2.05, 4.69) is 4.98 Å². The second kappa shape index (κ2) is 11.7. The fourth-order valence-corrected chi connectivity index (χ4v) is 5.85. The van der Waals surface area contributed by atoms with Crippen LogP contribution in [0.4, 0.5) is 14.6 Å². The highest BCUT2D eigenvalue weighted by atomic mass is 32.1. The maximum Gasteiger partial charge on any atom is 0.380 e. The maximum atomic E-state index is 16.0. The lowest BCUT2D eigenvalue weighted by Crippen LogP contribution is -2.52. The third kappa shape index (κ3) is 6.56. The van der Waals surface area contributed by atoms with Gasteiger partial charge in [-0.05, 0) is 44.3 Å². The Balaban J connectivity index is 1.88. The van der Waals surface area contributed by atoms with Gasteiger partial charge in [0.1, 0.15) is 24.8 Å². The molecule has 1 aromatic heterocycles. The number of hydrogen-bond acceptors (Lipinski definition) is 11. The Kier molecular flexibility index (Phi) is 9.28. The highest BCUT2D eigenvalue weighted by molar-refractivity contribution is 7.71. The van der Waals surface area contributed by atoms with Crippen LogP contribution in [0.2, 0.25) is 0 Å². The summed E-state index contributed by atoms with van der Waals surface area (Å²) in [4.78, 5) is 16.1. The third-order valence-electron chi connectivity index (χ3n) is 5.63. The minimum atomic E-state index is -4.34. The average molecular weight is 578 g/mol. The van der Waals surface area contributed by atoms with Crippen LogP contribution in [-0.2, 0) is 23.4 Å². The molecule has 2 heterocycles. The van der Waals surface area contributed by atoms with Gasteiger partial charge in [0.2, 0.25) is 4.77 Å². The lowest BCUT2D eigenvalue weighted by atomic mass is 9.94. The summed E-state index contributed by atoms with van der Waals surface area (Å²) in [7, 11) is -4.34. The number of anilines is 1. The molecular weight excluding hydrogens is 547 g/mol. The second-order valence-corrected chi connectivity index (χ2v) is 11.6. The van der Waals surface area contributed by atoms with E-state index in [0.29, 0.717) is 0 Å². The standard InChI is InChI=1S/C23H30F2N3O8PS/c1-14(2)34-18(29)15(3)11-37(32,36-16-7-5-4-6-8-16)33-13-23(25)19(30)22(31,12-24)20(35-23)28-10-9-17(26)27-21(28)38/h4-10,14-15,19-20,30-31H,11-13H2,1-3H3,(H2,26,27,38)/t15-,19-,20-,22?,23-,37?/m1/s1. The SMILES string of the molecule is CC(C)OC(=O)[C@H](C)CP(=O)(OC[C@@]1(F)O[C@@H](n2ccc(N)nc2=S)C(O)(CF)[C@H]1O)Oc1ccccc1. The van der Waals surface area contributed by atoms with Crippen LogP contribution in [0.3, 0.4) is 0 Å². The van der Waals surface area contributed by atoms with Crippen LogP contribution in [0, 0.1) is 10.7 Å². The molecule has 0 radical (unpaired) electrons. The second-order valence-electron chi connectivity index (χ2n) is 9.18. The van der Waals surface area contributed by atoms with Crippen molar-refractivity contribution >= 4 is 31.6 Å². The Morgan fingerprint density at radius 3 is 2.55 bits per heavy atom. The summed E-state index contributed by atoms with van der Waals surface area (Å²) in [5.74, 6) is -4.86. The Morgan fingerprint density at radius 1 is 1.32 bits per heavy atom. The third-order valence-corrected chi connectivity index (χ3v) is 7.94. The lowest BCUT2D eigenvalue weighted by Gasteiger charge is -2.29. The summed E-state index contributed by atoms with van der Waals surface area (Å²) >= 11 is 5.05. The van der Waals surface area contributed by atoms with E-state index in [-0.39, 0.29) is 16.3 Å². The van der Waals surface area contributed by atoms with E-state index in [0.717, 1.165) is 4.57 Å². The van der Waals surface area contributed by atoms with Crippen molar-refractivity contribution in [1.29, 1.82) is 0 Å². The summed E-state index contributed by atoms with van der Waals surface area (Å²) in [6, 6.07) is 9.04. The molecule has 1 aromatic carbocycles. The predicted molar refractivity (Wildman–Crippen MR) is 134 cm³/mol. The summed E-state index contributed by atoms with van der Waals surface area (Å²) in [6.07, 6.45) is -4.19. The topological polar surface area (TPSA) is 155 Å². The molecule has 1 fully saturated rings. The zero-order valence-electron chi connectivity index (χ0n) is 20.9. The molecule has 15 heteroatoms. The molecule has 1 saturated heterocycles. The number of rotatable bonds is 11. The quantitative estimate of drug-likeness (QED) is 0.205. The van der Waals surface area contributed by atoms with Crippen molar-refractivity contribution in [1.82, 2.24) is 9.55 Å². The number of esters is 1. The minimum absolute atomic E-state index is 0.00698. The molecule has 1 aliphatic heterocycles. The molecule has 11 nitrogen and oxygen atoms in total. The molecular formula is C23H30F2N3O8PS. The highest BCUT2D eigenvalue weighted by Crippen LogP contribution is 2.53. The van der Waals surface area contributed by atoms with Gasteiger partial charge >= 0.3 is 13.6 Å². The molecule has 3 rings (SSSR count). The van der Waals surface area contributed by atoms with Gasteiger partial charge in [-0.2, -0.15) is 0 Å². The van der Waals surface area contributed by atoms with E-state index >= 15 is 4.39 Å². The van der Waals surface area contributed by atoms with Gasteiger partial charge < -0.3 is 29.9 Å². The van der Waals surface area contributed by atoms with E-state index in [9.17, 15) is 24.0 Å². The van der Waals surface area contributed by atoms with E-state index in [1.807, 2.05) is 0 Å². The first-order chi connectivity index (χ1) is 17.7. The first-order valence-electron chi connectivity index (χ1n) is 11.6. The van der Waals surface area contributed by atoms with E-state index in [4.69, 9.17) is 36.5 Å². The molecule has 0 saturated carbocycles. The number of hydrogen-bond donors (Lipinski definition) is 3. The lowest BCUT2D eigenvalue weighted by molar-refractivity contribution is -0.203. The first-order valence-corrected chi connectivity index (χ1v) is 13.7. The zero-order chi connectivity index (χ0) is 28.3. The fourth-order valence-electron chi connectivity index (χ4n) is 3.72. The van der Waals surface area contributed by atoms with Crippen LogP contribution >= 0.6 is 19.8 Å². The molecule has 4 N–H and O–H groups in total. The predicted octanol–water partition coefficient (Wildman–Crippen LogP) is 3.33. The summed E-state index contributed by atoms with van der Waals surface area (Å²) < 4.78 is 65.6. The molecule has 0 bridgehead atoms. The van der Waals surface area contributed by atoms with Gasteiger partial charge in [-0.3, -0.25) is 13.9 Å². The van der Waals surface area contributed by atoms with Crippen molar-refractivity contribution in [3.8, 4) is 5.75 Å². The number of nitrogens with two attached hydrogens (primary N) is 1. The fraction of sp³-hybridized carbons (Fsp3) is 0.522. The number of carbonyl (C=O) groups is 1. The normalized spacial score (nSPS) is 27.6. The molecule has 38 heavy (non-hydrogen) atoms. The van der Waals surface area contributed by atoms with Crippen molar-refractivity contribution in [2.75, 3.05) is 25.2 Å². The summed E-state index contributed by atoms with van der Waals surface area (Å²) in [5.41, 5.74) is 2.74. The molecule has 1 aliphatic rings. The van der Waals surface area contributed by atoms with E-state index in [1.165, 1.54) is 31.3 Å². The number of nitrogens with zero attached hydrogens (tertiary/aromatic N) is 2. The van der Waals surface area contributed by atoms with Gasteiger partial charge in [-0.1, -0.05) is 25.1 Å². The van der Waals surface area contributed by atoms with Crippen molar-refractivity contribution in [2.24, 2.45) is 5.92 Å². The largest absolute Gasteiger partial charge is 0.463 e. The maximum absolute atomic E-state index is 16.0. The summed E-state index contributed by atoms with van der Waals surface area (Å²) in [5, 5.41) is 21.5. The van der Waals surface area contributed by atoms with E-state index < -0.39 is 68.8 Å². The van der Waals surface area contributed by atoms with Crippen LogP contribution in [0.15, 0.2) is 42.6 Å². The van der Waals surface area contributed by atoms with Crippen LogP contribution in [-0.4, -0.2) is 68.8 Å². The van der Waals surface area contributed by atoms with Gasteiger partial charge in [0.25, 0.3) is 5.85 Å². The molecule has 210 valence electrons. The van der Waals surface area contributed by atoms with Gasteiger partial charge in [0.15, 0.2) is 17.9 Å². The Morgan fingerprint density at radius 2 is 1.97 bits per heavy atom. The number of nitrogen functional groups attached to an aromatic ring is 1. The summed E-state index contributed by atoms with van der Waals surface area (Å²) in [6.45, 7) is 1.79. The number of aliphatic hydroxyl groups is 2. The molecule has 0 aliphatic carbocycles. The first kappa shape index (κ1) is 30.1. The van der Waals surface area contributed by atoms with Crippen molar-refractivity contribution in [2.45, 2.75) is 50.7 Å². The average Bonchev–Trinajstić information content (AvgIpc) is 3.05. The molecule has 6 atom stereocenters. The van der Waals surface area contributed by atoms with Crippen LogP contribution in [0.1, 0.15) is 27.0 Å². The number of benzene rings is 1. The number of halogens is 2. The van der Waals surface area contributed by atoms with Gasteiger partial charge in [-0.15, -0.1) is 0 Å². The molecule has 0 spiro atoms. The zero-order valence-corrected chi connectivity index (χ0v) is 22.6. The van der Waals surface area contributed by atoms with Crippen molar-refractivity contribution in [3.63, 3.8) is 0 Å². The number of aromatic nitrogens is 2. The molecule has 2 aromatic rings. The Hall–Kier alpha value is -2.48. The van der Waals surface area contributed by atoms with Crippen LogP contribution < -0.4 is 10.3 Å². The monoisotopic (exact) mass is 577 g/mol. The molecule has 2 unspecified atom stereocenters. The van der Waals surface area contributed by atoms with Crippen LogP contribution in [0.5, 0.6) is 5.75 Å². The van der Waals surface area contributed by atoms with Crippen molar-refractivity contribution < 1.29 is 46.9 Å². The number of carbonyl (C=O) groups excluding carboxylic acids is 1. The van der Waals surface area contributed by atoms with Crippen molar-refractivity contribution in [3.05, 3.63) is 47.4 Å². The number of para-hydroxylation sites is 1. The minimum Gasteiger partial charge on any atom is -0.463 e. The van der Waals surface area contributed by atoms with Gasteiger partial charge in [0, 0.05) is 6.20 Å². The van der Waals surface area contributed by atoms with Gasteiger partial charge in [0.05, 0.1) is 18.2 Å². The molecule has 0 amide bonds. The smallest absolute Gasteiger partial charge is 0.380 e. The number of ether oxygens (including phenoxy) is 2. The highest BCUT2D eigenvalue weighted by Gasteiger charge is 2.66. The number of aliphatic hydroxyl groups excluding tert-OH is 1. The van der Waals surface area contributed by atoms with E-state index in [1.54, 1.807) is 32.0 Å².